The summed E-state index contributed by atoms with van der Waals surface area (Å²) in [7, 11) is 0. The maximum Gasteiger partial charge on any atom is 0.0754 e. The predicted octanol–water partition coefficient (Wildman–Crippen LogP) is 1.37. The Labute approximate surface area is 84.3 Å². The standard InChI is InChI=1S/C10H19NOS/c1-13-10(5-6-10)8(12)9(7-11)3-2-4-9/h8,12H,2-7,11H2,1H3. The van der Waals surface area contributed by atoms with E-state index in [0.717, 1.165) is 12.8 Å². The molecule has 1 unspecified atom stereocenters. The third-order valence-electron chi connectivity index (χ3n) is 3.98. The molecule has 2 aliphatic carbocycles. The molecule has 0 aliphatic heterocycles. The Bertz CT molecular complexity index is 194. The molecule has 0 saturated heterocycles. The molecule has 2 fully saturated rings. The second-order valence-corrected chi connectivity index (χ2v) is 5.81. The average Bonchev–Trinajstić information content (AvgIpc) is 2.83. The molecule has 0 aromatic heterocycles. The van der Waals surface area contributed by atoms with Crippen molar-refractivity contribution in [1.29, 1.82) is 0 Å². The molecule has 0 heterocycles. The number of nitrogens with two attached hydrogens (primary N) is 1. The van der Waals surface area contributed by atoms with Gasteiger partial charge in [0.05, 0.1) is 6.10 Å². The fourth-order valence-electron chi connectivity index (χ4n) is 2.49. The number of hydrogen-bond acceptors (Lipinski definition) is 3. The maximum absolute atomic E-state index is 10.3. The van der Waals surface area contributed by atoms with Crippen LogP contribution in [-0.2, 0) is 0 Å². The van der Waals surface area contributed by atoms with E-state index in [1.165, 1.54) is 19.3 Å². The topological polar surface area (TPSA) is 46.2 Å². The molecular formula is C10H19NOS. The second kappa shape index (κ2) is 3.14. The van der Waals surface area contributed by atoms with Gasteiger partial charge in [0.25, 0.3) is 0 Å². The van der Waals surface area contributed by atoms with Gasteiger partial charge >= 0.3 is 0 Å². The van der Waals surface area contributed by atoms with Gasteiger partial charge < -0.3 is 10.8 Å². The molecule has 2 saturated carbocycles. The van der Waals surface area contributed by atoms with Gasteiger partial charge in [-0.15, -0.1) is 0 Å². The van der Waals surface area contributed by atoms with Crippen molar-refractivity contribution in [2.24, 2.45) is 11.1 Å². The molecular weight excluding hydrogens is 182 g/mol. The maximum atomic E-state index is 10.3. The molecule has 3 heteroatoms. The number of aliphatic hydroxyl groups is 1. The molecule has 2 nitrogen and oxygen atoms in total. The summed E-state index contributed by atoms with van der Waals surface area (Å²) < 4.78 is 0.180. The first kappa shape index (κ1) is 9.81. The molecule has 2 rings (SSSR count). The summed E-state index contributed by atoms with van der Waals surface area (Å²) in [5, 5.41) is 10.3. The van der Waals surface area contributed by atoms with E-state index in [-0.39, 0.29) is 16.3 Å². The van der Waals surface area contributed by atoms with Crippen molar-refractivity contribution in [1.82, 2.24) is 0 Å². The van der Waals surface area contributed by atoms with Crippen LogP contribution in [0.1, 0.15) is 32.1 Å². The molecule has 1 atom stereocenters. The first-order chi connectivity index (χ1) is 6.19. The molecule has 0 amide bonds. The van der Waals surface area contributed by atoms with Crippen molar-refractivity contribution in [2.75, 3.05) is 12.8 Å². The Kier molecular flexibility index (Phi) is 2.37. The van der Waals surface area contributed by atoms with Gasteiger partial charge in [0, 0.05) is 16.7 Å². The quantitative estimate of drug-likeness (QED) is 0.722. The van der Waals surface area contributed by atoms with E-state index in [4.69, 9.17) is 5.73 Å². The van der Waals surface area contributed by atoms with Gasteiger partial charge in [0.15, 0.2) is 0 Å². The molecule has 13 heavy (non-hydrogen) atoms. The largest absolute Gasteiger partial charge is 0.391 e. The van der Waals surface area contributed by atoms with Crippen molar-refractivity contribution >= 4 is 11.8 Å². The van der Waals surface area contributed by atoms with Crippen LogP contribution in [-0.4, -0.2) is 28.8 Å². The van der Waals surface area contributed by atoms with Crippen LogP contribution < -0.4 is 5.73 Å². The van der Waals surface area contributed by atoms with Gasteiger partial charge in [-0.3, -0.25) is 0 Å². The van der Waals surface area contributed by atoms with Gasteiger partial charge in [-0.25, -0.2) is 0 Å². The molecule has 0 bridgehead atoms. The van der Waals surface area contributed by atoms with Crippen molar-refractivity contribution < 1.29 is 5.11 Å². The number of thioether (sulfide) groups is 1. The van der Waals surface area contributed by atoms with E-state index >= 15 is 0 Å². The van der Waals surface area contributed by atoms with Gasteiger partial charge in [-0.05, 0) is 31.9 Å². The Morgan fingerprint density at radius 2 is 2.00 bits per heavy atom. The SMILES string of the molecule is CSC1(C(O)C2(CN)CCC2)CC1. The van der Waals surface area contributed by atoms with E-state index in [2.05, 4.69) is 6.26 Å². The molecule has 0 radical (unpaired) electrons. The highest BCUT2D eigenvalue weighted by Gasteiger charge is 2.57. The van der Waals surface area contributed by atoms with Gasteiger partial charge in [0.2, 0.25) is 0 Å². The van der Waals surface area contributed by atoms with E-state index in [9.17, 15) is 5.11 Å². The smallest absolute Gasteiger partial charge is 0.0754 e. The lowest BCUT2D eigenvalue weighted by molar-refractivity contribution is -0.0327. The van der Waals surface area contributed by atoms with Crippen molar-refractivity contribution in [3.05, 3.63) is 0 Å². The van der Waals surface area contributed by atoms with Crippen LogP contribution in [0.3, 0.4) is 0 Å². The third kappa shape index (κ3) is 1.32. The Morgan fingerprint density at radius 1 is 1.38 bits per heavy atom. The van der Waals surface area contributed by atoms with Crippen LogP contribution in [0.5, 0.6) is 0 Å². The molecule has 0 aromatic rings. The second-order valence-electron chi connectivity index (χ2n) is 4.59. The number of aliphatic hydroxyl groups excluding tert-OH is 1. The average molecular weight is 201 g/mol. The van der Waals surface area contributed by atoms with Crippen LogP contribution in [0, 0.1) is 5.41 Å². The zero-order valence-electron chi connectivity index (χ0n) is 8.25. The molecule has 0 aromatic carbocycles. The first-order valence-electron chi connectivity index (χ1n) is 5.12. The minimum atomic E-state index is -0.159. The molecule has 2 aliphatic rings. The fourth-order valence-corrected chi connectivity index (χ4v) is 3.47. The Morgan fingerprint density at radius 3 is 2.23 bits per heavy atom. The summed E-state index contributed by atoms with van der Waals surface area (Å²) in [6.07, 6.45) is 7.82. The van der Waals surface area contributed by atoms with Crippen molar-refractivity contribution in [2.45, 2.75) is 43.0 Å². The summed E-state index contributed by atoms with van der Waals surface area (Å²) in [6.45, 7) is 0.663. The van der Waals surface area contributed by atoms with Crippen molar-refractivity contribution in [3.8, 4) is 0 Å². The van der Waals surface area contributed by atoms with E-state index in [1.54, 1.807) is 0 Å². The summed E-state index contributed by atoms with van der Waals surface area (Å²) in [4.78, 5) is 0. The van der Waals surface area contributed by atoms with Gasteiger partial charge in [0.1, 0.15) is 0 Å². The molecule has 3 N–H and O–H groups in total. The summed E-state index contributed by atoms with van der Waals surface area (Å²) in [6, 6.07) is 0. The summed E-state index contributed by atoms with van der Waals surface area (Å²) in [5.74, 6) is 0. The predicted molar refractivity (Wildman–Crippen MR) is 56.8 cm³/mol. The monoisotopic (exact) mass is 201 g/mol. The lowest BCUT2D eigenvalue weighted by atomic mass is 9.64. The highest BCUT2D eigenvalue weighted by Crippen LogP contribution is 2.58. The van der Waals surface area contributed by atoms with E-state index in [1.807, 2.05) is 11.8 Å². The zero-order chi connectivity index (χ0) is 9.53. The highest BCUT2D eigenvalue weighted by atomic mass is 32.2. The first-order valence-corrected chi connectivity index (χ1v) is 6.35. The number of rotatable bonds is 4. The molecule has 0 spiro atoms. The van der Waals surface area contributed by atoms with Crippen LogP contribution in [0.15, 0.2) is 0 Å². The van der Waals surface area contributed by atoms with Crippen molar-refractivity contribution in [3.63, 3.8) is 0 Å². The fraction of sp³-hybridized carbons (Fsp3) is 1.00. The zero-order valence-corrected chi connectivity index (χ0v) is 9.07. The normalized spacial score (nSPS) is 30.7. The van der Waals surface area contributed by atoms with E-state index in [0.29, 0.717) is 6.54 Å². The molecule has 76 valence electrons. The van der Waals surface area contributed by atoms with E-state index < -0.39 is 0 Å². The summed E-state index contributed by atoms with van der Waals surface area (Å²) >= 11 is 1.83. The third-order valence-corrected chi connectivity index (χ3v) is 5.43. The Hall–Kier alpha value is 0.270. The van der Waals surface area contributed by atoms with Crippen LogP contribution in [0.2, 0.25) is 0 Å². The van der Waals surface area contributed by atoms with Crippen LogP contribution in [0.4, 0.5) is 0 Å². The minimum Gasteiger partial charge on any atom is -0.391 e. The van der Waals surface area contributed by atoms with Crippen LogP contribution in [0.25, 0.3) is 0 Å². The van der Waals surface area contributed by atoms with Gasteiger partial charge in [-0.1, -0.05) is 6.42 Å². The Balaban J connectivity index is 2.06. The van der Waals surface area contributed by atoms with Gasteiger partial charge in [-0.2, -0.15) is 11.8 Å². The summed E-state index contributed by atoms with van der Waals surface area (Å²) in [5.41, 5.74) is 5.86. The minimum absolute atomic E-state index is 0.0828. The van der Waals surface area contributed by atoms with Crippen LogP contribution >= 0.6 is 11.8 Å². The lowest BCUT2D eigenvalue weighted by Gasteiger charge is -2.47. The lowest BCUT2D eigenvalue weighted by Crippen LogP contribution is -2.52. The number of hydrogen-bond donors (Lipinski definition) is 2. The highest BCUT2D eigenvalue weighted by molar-refractivity contribution is 8.00.